The maximum absolute atomic E-state index is 12.2. The van der Waals surface area contributed by atoms with Crippen molar-refractivity contribution in [1.29, 1.82) is 5.26 Å². The summed E-state index contributed by atoms with van der Waals surface area (Å²) in [6.45, 7) is 1.48. The second kappa shape index (κ2) is 7.65. The van der Waals surface area contributed by atoms with Crippen molar-refractivity contribution in [3.05, 3.63) is 40.2 Å². The Labute approximate surface area is 145 Å². The summed E-state index contributed by atoms with van der Waals surface area (Å²) >= 11 is 1.58. The summed E-state index contributed by atoms with van der Waals surface area (Å²) in [7, 11) is 2.04. The van der Waals surface area contributed by atoms with Crippen LogP contribution in [0.15, 0.2) is 22.8 Å². The molecule has 6 heteroatoms. The number of hydrogen-bond acceptors (Lipinski definition) is 4. The number of carbonyl (C=O) groups is 1. The fourth-order valence-corrected chi connectivity index (χ4v) is 4.34. The Morgan fingerprint density at radius 2 is 2.29 bits per heavy atom. The monoisotopic (exact) mass is 344 g/mol. The van der Waals surface area contributed by atoms with Gasteiger partial charge in [-0.1, -0.05) is 0 Å². The number of fused-ring (bicyclic) bond motifs is 1. The van der Waals surface area contributed by atoms with Gasteiger partial charge in [0.2, 0.25) is 5.91 Å². The molecule has 0 spiro atoms. The second-order valence-corrected chi connectivity index (χ2v) is 7.39. The smallest absolute Gasteiger partial charge is 0.230 e. The highest BCUT2D eigenvalue weighted by atomic mass is 32.1. The van der Waals surface area contributed by atoms with Gasteiger partial charge < -0.3 is 14.6 Å². The molecule has 0 saturated carbocycles. The van der Waals surface area contributed by atoms with E-state index in [1.54, 1.807) is 17.6 Å². The lowest BCUT2D eigenvalue weighted by Crippen LogP contribution is -3.07. The minimum Gasteiger partial charge on any atom is -0.463 e. The minimum absolute atomic E-state index is 0.0242. The largest absolute Gasteiger partial charge is 0.463 e. The number of nitrogens with one attached hydrogen (secondary N) is 2. The predicted octanol–water partition coefficient (Wildman–Crippen LogP) is 2.14. The number of quaternary nitrogens is 1. The summed E-state index contributed by atoms with van der Waals surface area (Å²) in [5.74, 6) is 0.898. The molecule has 1 aliphatic carbocycles. The second-order valence-electron chi connectivity index (χ2n) is 6.29. The summed E-state index contributed by atoms with van der Waals surface area (Å²) in [6, 6.07) is 6.10. The van der Waals surface area contributed by atoms with Crippen LogP contribution in [0.2, 0.25) is 0 Å². The number of amides is 1. The third-order valence-corrected chi connectivity index (χ3v) is 5.58. The van der Waals surface area contributed by atoms with Crippen LogP contribution >= 0.6 is 11.3 Å². The Hall–Kier alpha value is -2.10. The van der Waals surface area contributed by atoms with Gasteiger partial charge in [-0.3, -0.25) is 4.79 Å². The third kappa shape index (κ3) is 3.86. The number of aryl methyl sites for hydroxylation is 1. The van der Waals surface area contributed by atoms with E-state index >= 15 is 0 Å². The lowest BCUT2D eigenvalue weighted by atomic mass is 9.96. The molecule has 0 bridgehead atoms. The van der Waals surface area contributed by atoms with Crippen molar-refractivity contribution in [3.63, 3.8) is 0 Å². The highest BCUT2D eigenvalue weighted by Crippen LogP contribution is 2.37. The lowest BCUT2D eigenvalue weighted by molar-refractivity contribution is -0.894. The van der Waals surface area contributed by atoms with E-state index < -0.39 is 0 Å². The van der Waals surface area contributed by atoms with Crippen molar-refractivity contribution in [2.75, 3.05) is 18.9 Å². The fourth-order valence-electron chi connectivity index (χ4n) is 3.09. The molecule has 0 saturated heterocycles. The fraction of sp³-hybridized carbons (Fsp3) is 0.444. The summed E-state index contributed by atoms with van der Waals surface area (Å²) in [5, 5.41) is 13.1. The highest BCUT2D eigenvalue weighted by Gasteiger charge is 2.22. The van der Waals surface area contributed by atoms with Crippen molar-refractivity contribution in [2.24, 2.45) is 0 Å². The van der Waals surface area contributed by atoms with E-state index in [2.05, 4.69) is 11.4 Å². The molecular formula is C18H22N3O2S+. The number of furan rings is 1. The van der Waals surface area contributed by atoms with Gasteiger partial charge in [-0.15, -0.1) is 11.3 Å². The van der Waals surface area contributed by atoms with Crippen LogP contribution in [0, 0.1) is 11.3 Å². The molecule has 3 rings (SSSR count). The van der Waals surface area contributed by atoms with Gasteiger partial charge in [-0.05, 0) is 43.4 Å². The first-order valence-corrected chi connectivity index (χ1v) is 9.17. The Morgan fingerprint density at radius 3 is 3.04 bits per heavy atom. The van der Waals surface area contributed by atoms with Gasteiger partial charge in [0.15, 0.2) is 5.76 Å². The van der Waals surface area contributed by atoms with Gasteiger partial charge in [0, 0.05) is 4.88 Å². The van der Waals surface area contributed by atoms with Gasteiger partial charge in [-0.2, -0.15) is 5.26 Å². The van der Waals surface area contributed by atoms with Crippen LogP contribution in [0.5, 0.6) is 0 Å². The Kier molecular flexibility index (Phi) is 5.34. The molecule has 0 aliphatic heterocycles. The first-order valence-electron chi connectivity index (χ1n) is 8.35. The molecule has 0 fully saturated rings. The SMILES string of the molecule is C[NH+](CCC(=O)Nc1sc2c(c1C#N)CCCC2)Cc1ccco1. The molecule has 5 nitrogen and oxygen atoms in total. The van der Waals surface area contributed by atoms with Crippen molar-refractivity contribution in [3.8, 4) is 6.07 Å². The van der Waals surface area contributed by atoms with Crippen LogP contribution < -0.4 is 10.2 Å². The third-order valence-electron chi connectivity index (χ3n) is 4.37. The van der Waals surface area contributed by atoms with Gasteiger partial charge >= 0.3 is 0 Å². The molecular weight excluding hydrogens is 322 g/mol. The quantitative estimate of drug-likeness (QED) is 0.843. The maximum atomic E-state index is 12.2. The summed E-state index contributed by atoms with van der Waals surface area (Å²) in [4.78, 5) is 14.7. The van der Waals surface area contributed by atoms with Crippen LogP contribution in [0.3, 0.4) is 0 Å². The average molecular weight is 344 g/mol. The van der Waals surface area contributed by atoms with E-state index in [4.69, 9.17) is 4.42 Å². The molecule has 2 N–H and O–H groups in total. The Balaban J connectivity index is 1.55. The van der Waals surface area contributed by atoms with Crippen LogP contribution in [0.1, 0.15) is 41.0 Å². The maximum Gasteiger partial charge on any atom is 0.230 e. The predicted molar refractivity (Wildman–Crippen MR) is 93.1 cm³/mol. The summed E-state index contributed by atoms with van der Waals surface area (Å²) in [6.07, 6.45) is 6.39. The molecule has 1 amide bonds. The van der Waals surface area contributed by atoms with E-state index in [0.717, 1.165) is 48.7 Å². The highest BCUT2D eigenvalue weighted by molar-refractivity contribution is 7.16. The average Bonchev–Trinajstić information content (AvgIpc) is 3.19. The Morgan fingerprint density at radius 1 is 1.46 bits per heavy atom. The van der Waals surface area contributed by atoms with E-state index in [1.165, 1.54) is 16.2 Å². The zero-order chi connectivity index (χ0) is 16.9. The van der Waals surface area contributed by atoms with Crippen molar-refractivity contribution >= 4 is 22.2 Å². The number of nitrogens with zero attached hydrogens (tertiary/aromatic N) is 1. The molecule has 126 valence electrons. The first-order chi connectivity index (χ1) is 11.7. The van der Waals surface area contributed by atoms with E-state index in [1.807, 2.05) is 19.2 Å². The van der Waals surface area contributed by atoms with Crippen molar-refractivity contribution in [1.82, 2.24) is 0 Å². The molecule has 24 heavy (non-hydrogen) atoms. The first kappa shape index (κ1) is 16.7. The zero-order valence-corrected chi connectivity index (χ0v) is 14.7. The van der Waals surface area contributed by atoms with Crippen molar-refractivity contribution < 1.29 is 14.1 Å². The minimum atomic E-state index is -0.0242. The van der Waals surface area contributed by atoms with Gasteiger partial charge in [0.05, 0.1) is 31.8 Å². The van der Waals surface area contributed by atoms with Gasteiger partial charge in [-0.25, -0.2) is 0 Å². The number of rotatable bonds is 6. The number of anilines is 1. The van der Waals surface area contributed by atoms with Gasteiger partial charge in [0.1, 0.15) is 17.6 Å². The van der Waals surface area contributed by atoms with Crippen LogP contribution in [0.4, 0.5) is 5.00 Å². The van der Waals surface area contributed by atoms with Crippen LogP contribution in [-0.2, 0) is 24.2 Å². The molecule has 1 aliphatic rings. The van der Waals surface area contributed by atoms with Crippen LogP contribution in [-0.4, -0.2) is 19.5 Å². The molecule has 0 aromatic carbocycles. The molecule has 0 radical (unpaired) electrons. The Bertz CT molecular complexity index is 743. The number of carbonyl (C=O) groups excluding carboxylic acids is 1. The normalized spacial score (nSPS) is 14.7. The number of thiophene rings is 1. The topological polar surface area (TPSA) is 70.5 Å². The van der Waals surface area contributed by atoms with Crippen LogP contribution in [0.25, 0.3) is 0 Å². The lowest BCUT2D eigenvalue weighted by Gasteiger charge is -2.12. The van der Waals surface area contributed by atoms with Gasteiger partial charge in [0.25, 0.3) is 0 Å². The standard InChI is InChI=1S/C18H21N3O2S/c1-21(12-13-5-4-10-23-13)9-8-17(22)20-18-15(11-19)14-6-2-3-7-16(14)24-18/h4-5,10H,2-3,6-9,12H2,1H3,(H,20,22)/p+1. The van der Waals surface area contributed by atoms with E-state index in [-0.39, 0.29) is 5.91 Å². The molecule has 2 aromatic rings. The van der Waals surface area contributed by atoms with Crippen molar-refractivity contribution in [2.45, 2.75) is 38.6 Å². The molecule has 1 atom stereocenters. The summed E-state index contributed by atoms with van der Waals surface area (Å²) in [5.41, 5.74) is 1.84. The van der Waals surface area contributed by atoms with E-state index in [9.17, 15) is 10.1 Å². The molecule has 2 heterocycles. The summed E-state index contributed by atoms with van der Waals surface area (Å²) < 4.78 is 5.33. The zero-order valence-electron chi connectivity index (χ0n) is 13.9. The molecule has 2 aromatic heterocycles. The number of nitriles is 1. The molecule has 1 unspecified atom stereocenters. The number of hydrogen-bond donors (Lipinski definition) is 2. The van der Waals surface area contributed by atoms with E-state index in [0.29, 0.717) is 12.0 Å².